The summed E-state index contributed by atoms with van der Waals surface area (Å²) in [6, 6.07) is 4.48. The molecule has 0 aliphatic rings. The van der Waals surface area contributed by atoms with Crippen molar-refractivity contribution < 1.29 is 14.5 Å². The third-order valence-electron chi connectivity index (χ3n) is 2.56. The molecule has 20 heavy (non-hydrogen) atoms. The van der Waals surface area contributed by atoms with Crippen molar-refractivity contribution in [1.29, 1.82) is 0 Å². The predicted octanol–water partition coefficient (Wildman–Crippen LogP) is 1.33. The SMILES string of the molecule is CNC(=O)c1ccc(OCCNC(C)C)c([N+](=O)[O-])c1. The summed E-state index contributed by atoms with van der Waals surface area (Å²) in [6.07, 6.45) is 0. The Hall–Kier alpha value is -2.15. The lowest BCUT2D eigenvalue weighted by Crippen LogP contribution is -2.27. The van der Waals surface area contributed by atoms with Gasteiger partial charge < -0.3 is 15.4 Å². The van der Waals surface area contributed by atoms with E-state index in [-0.39, 0.29) is 22.9 Å². The van der Waals surface area contributed by atoms with Crippen LogP contribution in [0, 0.1) is 10.1 Å². The fraction of sp³-hybridized carbons (Fsp3) is 0.462. The number of rotatable bonds is 7. The molecule has 0 radical (unpaired) electrons. The normalized spacial score (nSPS) is 10.4. The minimum Gasteiger partial charge on any atom is -0.485 e. The van der Waals surface area contributed by atoms with Crippen LogP contribution in [0.5, 0.6) is 5.75 Å². The van der Waals surface area contributed by atoms with Crippen LogP contribution < -0.4 is 15.4 Å². The highest BCUT2D eigenvalue weighted by Gasteiger charge is 2.18. The van der Waals surface area contributed by atoms with Crippen molar-refractivity contribution in [3.8, 4) is 5.75 Å². The smallest absolute Gasteiger partial charge is 0.311 e. The Morgan fingerprint density at radius 1 is 1.45 bits per heavy atom. The minimum atomic E-state index is -0.558. The second-order valence-corrected chi connectivity index (χ2v) is 4.48. The van der Waals surface area contributed by atoms with Gasteiger partial charge in [-0.3, -0.25) is 14.9 Å². The Kier molecular flexibility index (Phi) is 5.92. The van der Waals surface area contributed by atoms with E-state index in [0.717, 1.165) is 0 Å². The van der Waals surface area contributed by atoms with Gasteiger partial charge in [0.2, 0.25) is 0 Å². The fourth-order valence-electron chi connectivity index (χ4n) is 1.58. The molecular weight excluding hydrogens is 262 g/mol. The molecule has 0 fully saturated rings. The van der Waals surface area contributed by atoms with Gasteiger partial charge in [0.1, 0.15) is 6.61 Å². The number of nitro groups is 1. The van der Waals surface area contributed by atoms with Gasteiger partial charge in [-0.1, -0.05) is 13.8 Å². The number of nitrogens with zero attached hydrogens (tertiary/aromatic N) is 1. The quantitative estimate of drug-likeness (QED) is 0.447. The molecule has 0 atom stereocenters. The van der Waals surface area contributed by atoms with E-state index in [2.05, 4.69) is 10.6 Å². The zero-order valence-electron chi connectivity index (χ0n) is 11.8. The van der Waals surface area contributed by atoms with Crippen LogP contribution in [0.2, 0.25) is 0 Å². The first-order valence-electron chi connectivity index (χ1n) is 6.32. The molecule has 0 saturated carbocycles. The Morgan fingerprint density at radius 2 is 2.15 bits per heavy atom. The van der Waals surface area contributed by atoms with E-state index in [1.54, 1.807) is 0 Å². The van der Waals surface area contributed by atoms with Crippen LogP contribution in [0.25, 0.3) is 0 Å². The standard InChI is InChI=1S/C13H19N3O4/c1-9(2)15-6-7-20-12-5-4-10(13(17)14-3)8-11(12)16(18)19/h4-5,8-9,15H,6-7H2,1-3H3,(H,14,17). The average molecular weight is 281 g/mol. The summed E-state index contributed by atoms with van der Waals surface area (Å²) in [4.78, 5) is 21.9. The van der Waals surface area contributed by atoms with Gasteiger partial charge in [-0.15, -0.1) is 0 Å². The van der Waals surface area contributed by atoms with E-state index < -0.39 is 4.92 Å². The molecule has 0 aromatic heterocycles. The molecule has 1 rings (SSSR count). The molecule has 0 aliphatic carbocycles. The van der Waals surface area contributed by atoms with E-state index >= 15 is 0 Å². The van der Waals surface area contributed by atoms with Gasteiger partial charge >= 0.3 is 5.69 Å². The molecule has 1 amide bonds. The summed E-state index contributed by atoms with van der Waals surface area (Å²) in [7, 11) is 1.47. The average Bonchev–Trinajstić information content (AvgIpc) is 2.42. The fourth-order valence-corrected chi connectivity index (χ4v) is 1.58. The van der Waals surface area contributed by atoms with Gasteiger partial charge in [0.25, 0.3) is 5.91 Å². The van der Waals surface area contributed by atoms with Crippen LogP contribution in [-0.2, 0) is 0 Å². The van der Waals surface area contributed by atoms with E-state index in [0.29, 0.717) is 19.2 Å². The van der Waals surface area contributed by atoms with Crippen LogP contribution in [0.15, 0.2) is 18.2 Å². The second kappa shape index (κ2) is 7.44. The Labute approximate surface area is 117 Å². The monoisotopic (exact) mass is 281 g/mol. The largest absolute Gasteiger partial charge is 0.485 e. The number of hydrogen-bond acceptors (Lipinski definition) is 5. The van der Waals surface area contributed by atoms with E-state index in [4.69, 9.17) is 4.74 Å². The van der Waals surface area contributed by atoms with E-state index in [1.165, 1.54) is 25.2 Å². The molecule has 7 heteroatoms. The molecule has 7 nitrogen and oxygen atoms in total. The van der Waals surface area contributed by atoms with Gasteiger partial charge in [0, 0.05) is 31.3 Å². The lowest BCUT2D eigenvalue weighted by Gasteiger charge is -2.10. The molecule has 2 N–H and O–H groups in total. The number of benzene rings is 1. The van der Waals surface area contributed by atoms with Crippen LogP contribution in [0.1, 0.15) is 24.2 Å². The molecule has 0 bridgehead atoms. The molecule has 0 heterocycles. The van der Waals surface area contributed by atoms with Crippen molar-refractivity contribution in [3.05, 3.63) is 33.9 Å². The maximum absolute atomic E-state index is 11.5. The Balaban J connectivity index is 2.80. The maximum atomic E-state index is 11.5. The topological polar surface area (TPSA) is 93.5 Å². The summed E-state index contributed by atoms with van der Waals surface area (Å²) in [5.41, 5.74) is 0.0162. The summed E-state index contributed by atoms with van der Waals surface area (Å²) >= 11 is 0. The molecule has 1 aromatic carbocycles. The van der Waals surface area contributed by atoms with Gasteiger partial charge in [0.15, 0.2) is 5.75 Å². The van der Waals surface area contributed by atoms with Crippen LogP contribution in [-0.4, -0.2) is 37.1 Å². The summed E-state index contributed by atoms with van der Waals surface area (Å²) in [6.45, 7) is 4.91. The Morgan fingerprint density at radius 3 is 2.70 bits per heavy atom. The lowest BCUT2D eigenvalue weighted by molar-refractivity contribution is -0.385. The molecular formula is C13H19N3O4. The number of nitro benzene ring substituents is 1. The number of carbonyl (C=O) groups is 1. The van der Waals surface area contributed by atoms with Crippen molar-refractivity contribution in [1.82, 2.24) is 10.6 Å². The van der Waals surface area contributed by atoms with Crippen molar-refractivity contribution in [3.63, 3.8) is 0 Å². The third kappa shape index (κ3) is 4.51. The van der Waals surface area contributed by atoms with Crippen molar-refractivity contribution >= 4 is 11.6 Å². The number of carbonyl (C=O) groups excluding carboxylic acids is 1. The number of amides is 1. The van der Waals surface area contributed by atoms with Crippen LogP contribution >= 0.6 is 0 Å². The van der Waals surface area contributed by atoms with Gasteiger partial charge in [0.05, 0.1) is 4.92 Å². The summed E-state index contributed by atoms with van der Waals surface area (Å²) < 4.78 is 5.38. The highest BCUT2D eigenvalue weighted by atomic mass is 16.6. The zero-order chi connectivity index (χ0) is 15.1. The van der Waals surface area contributed by atoms with Gasteiger partial charge in [-0.25, -0.2) is 0 Å². The number of ether oxygens (including phenoxy) is 1. The minimum absolute atomic E-state index is 0.160. The highest BCUT2D eigenvalue weighted by Crippen LogP contribution is 2.27. The Bertz CT molecular complexity index is 489. The maximum Gasteiger partial charge on any atom is 0.311 e. The lowest BCUT2D eigenvalue weighted by atomic mass is 10.2. The van der Waals surface area contributed by atoms with E-state index in [9.17, 15) is 14.9 Å². The van der Waals surface area contributed by atoms with Crippen molar-refractivity contribution in [2.75, 3.05) is 20.2 Å². The molecule has 0 saturated heterocycles. The molecule has 0 unspecified atom stereocenters. The molecule has 0 spiro atoms. The zero-order valence-corrected chi connectivity index (χ0v) is 11.8. The molecule has 1 aromatic rings. The first kappa shape index (κ1) is 15.9. The highest BCUT2D eigenvalue weighted by molar-refractivity contribution is 5.94. The van der Waals surface area contributed by atoms with E-state index in [1.807, 2.05) is 13.8 Å². The third-order valence-corrected chi connectivity index (χ3v) is 2.56. The molecule has 0 aliphatic heterocycles. The second-order valence-electron chi connectivity index (χ2n) is 4.48. The summed E-state index contributed by atoms with van der Waals surface area (Å²) in [5, 5.41) is 16.6. The van der Waals surface area contributed by atoms with Gasteiger partial charge in [-0.05, 0) is 12.1 Å². The van der Waals surface area contributed by atoms with Gasteiger partial charge in [-0.2, -0.15) is 0 Å². The summed E-state index contributed by atoms with van der Waals surface area (Å²) in [5.74, 6) is -0.214. The number of hydrogen-bond donors (Lipinski definition) is 2. The van der Waals surface area contributed by atoms with Crippen molar-refractivity contribution in [2.24, 2.45) is 0 Å². The van der Waals surface area contributed by atoms with Crippen LogP contribution in [0.3, 0.4) is 0 Å². The first-order chi connectivity index (χ1) is 9.45. The first-order valence-corrected chi connectivity index (χ1v) is 6.32. The van der Waals surface area contributed by atoms with Crippen LogP contribution in [0.4, 0.5) is 5.69 Å². The van der Waals surface area contributed by atoms with Crippen molar-refractivity contribution in [2.45, 2.75) is 19.9 Å². The molecule has 110 valence electrons. The predicted molar refractivity (Wildman–Crippen MR) is 75.1 cm³/mol. The number of nitrogens with one attached hydrogen (secondary N) is 2.